The molecule has 2 rings (SSSR count). The van der Waals surface area contributed by atoms with E-state index in [0.717, 1.165) is 28.5 Å². The van der Waals surface area contributed by atoms with E-state index in [1.165, 1.54) is 11.6 Å². The summed E-state index contributed by atoms with van der Waals surface area (Å²) in [6.07, 6.45) is 2.60. The van der Waals surface area contributed by atoms with Gasteiger partial charge in [-0.15, -0.1) is 0 Å². The molecule has 0 heterocycles. The number of carboxylic acid groups (broad SMARTS) is 1. The van der Waals surface area contributed by atoms with Gasteiger partial charge in [0.25, 0.3) is 0 Å². The summed E-state index contributed by atoms with van der Waals surface area (Å²) in [5.74, 6) is 1.09. The normalized spacial score (nSPS) is 10.8. The van der Waals surface area contributed by atoms with Crippen molar-refractivity contribution in [2.45, 2.75) is 27.7 Å². The van der Waals surface area contributed by atoms with E-state index < -0.39 is 5.97 Å². The second-order valence-electron chi connectivity index (χ2n) is 6.16. The summed E-state index contributed by atoms with van der Waals surface area (Å²) in [5, 5.41) is 8.74. The molecule has 0 atom stereocenters. The Balaban J connectivity index is 2.01. The quantitative estimate of drug-likeness (QED) is 0.517. The van der Waals surface area contributed by atoms with Crippen LogP contribution in [-0.2, 0) is 4.79 Å². The van der Waals surface area contributed by atoms with Gasteiger partial charge in [0.05, 0.1) is 6.61 Å². The lowest BCUT2D eigenvalue weighted by atomic mass is 10.1. The van der Waals surface area contributed by atoms with Gasteiger partial charge >= 0.3 is 5.97 Å². The fraction of sp³-hybridized carbons (Fsp3) is 0.318. The van der Waals surface area contributed by atoms with Crippen LogP contribution in [0.15, 0.2) is 36.4 Å². The number of carbonyl (C=O) groups is 1. The zero-order chi connectivity index (χ0) is 19.8. The first-order chi connectivity index (χ1) is 12.9. The van der Waals surface area contributed by atoms with E-state index in [9.17, 15) is 4.79 Å². The standard InChI is InChI=1S/C22H26O5/c1-5-25-20-14-18(9-11-21(23)24)8-10-19(20)26-12-13-27-22-16(3)7-6-15(2)17(22)4/h6-11,14H,5,12-13H2,1-4H3,(H,23,24). The second kappa shape index (κ2) is 9.67. The van der Waals surface area contributed by atoms with E-state index in [4.69, 9.17) is 19.3 Å². The fourth-order valence-corrected chi connectivity index (χ4v) is 2.63. The number of hydrogen-bond donors (Lipinski definition) is 1. The molecule has 5 heteroatoms. The van der Waals surface area contributed by atoms with E-state index in [-0.39, 0.29) is 0 Å². The summed E-state index contributed by atoms with van der Waals surface area (Å²) in [7, 11) is 0. The highest BCUT2D eigenvalue weighted by Gasteiger charge is 2.08. The van der Waals surface area contributed by atoms with E-state index >= 15 is 0 Å². The highest BCUT2D eigenvalue weighted by atomic mass is 16.5. The van der Waals surface area contributed by atoms with Gasteiger partial charge in [-0.1, -0.05) is 18.2 Å². The van der Waals surface area contributed by atoms with Crippen LogP contribution in [0.3, 0.4) is 0 Å². The van der Waals surface area contributed by atoms with Crippen molar-refractivity contribution >= 4 is 12.0 Å². The molecule has 1 N–H and O–H groups in total. The second-order valence-corrected chi connectivity index (χ2v) is 6.16. The maximum Gasteiger partial charge on any atom is 0.328 e. The van der Waals surface area contributed by atoms with Crippen molar-refractivity contribution in [1.29, 1.82) is 0 Å². The summed E-state index contributed by atoms with van der Waals surface area (Å²) >= 11 is 0. The molecule has 2 aromatic rings. The van der Waals surface area contributed by atoms with Crippen LogP contribution in [0.1, 0.15) is 29.2 Å². The summed E-state index contributed by atoms with van der Waals surface area (Å²) in [6, 6.07) is 9.45. The largest absolute Gasteiger partial charge is 0.490 e. The molecule has 0 aliphatic heterocycles. The number of benzene rings is 2. The van der Waals surface area contributed by atoms with Crippen LogP contribution in [0.4, 0.5) is 0 Å². The predicted molar refractivity (Wildman–Crippen MR) is 106 cm³/mol. The third-order valence-corrected chi connectivity index (χ3v) is 4.15. The Kier molecular flexibility index (Phi) is 7.29. The van der Waals surface area contributed by atoms with Crippen molar-refractivity contribution in [2.24, 2.45) is 0 Å². The molecule has 0 spiro atoms. The molecule has 0 bridgehead atoms. The van der Waals surface area contributed by atoms with E-state index in [1.807, 2.05) is 13.8 Å². The Hall–Kier alpha value is -2.95. The van der Waals surface area contributed by atoms with E-state index in [0.29, 0.717) is 31.3 Å². The lowest BCUT2D eigenvalue weighted by Gasteiger charge is -2.16. The number of ether oxygens (including phenoxy) is 3. The average Bonchev–Trinajstić information content (AvgIpc) is 2.64. The van der Waals surface area contributed by atoms with Crippen molar-refractivity contribution in [3.8, 4) is 17.2 Å². The van der Waals surface area contributed by atoms with Gasteiger partial charge in [-0.05, 0) is 68.2 Å². The molecular weight excluding hydrogens is 344 g/mol. The third kappa shape index (κ3) is 5.78. The molecule has 0 aliphatic carbocycles. The Morgan fingerprint density at radius 3 is 2.37 bits per heavy atom. The molecule has 2 aromatic carbocycles. The third-order valence-electron chi connectivity index (χ3n) is 4.15. The summed E-state index contributed by atoms with van der Waals surface area (Å²) < 4.78 is 17.3. The van der Waals surface area contributed by atoms with Crippen LogP contribution in [0.2, 0.25) is 0 Å². The van der Waals surface area contributed by atoms with Crippen molar-refractivity contribution in [3.05, 3.63) is 58.7 Å². The maximum atomic E-state index is 10.7. The highest BCUT2D eigenvalue weighted by Crippen LogP contribution is 2.29. The summed E-state index contributed by atoms with van der Waals surface area (Å²) in [5.41, 5.74) is 4.16. The van der Waals surface area contributed by atoms with Crippen LogP contribution in [0, 0.1) is 20.8 Å². The smallest absolute Gasteiger partial charge is 0.328 e. The van der Waals surface area contributed by atoms with Crippen molar-refractivity contribution in [2.75, 3.05) is 19.8 Å². The Morgan fingerprint density at radius 1 is 0.963 bits per heavy atom. The van der Waals surface area contributed by atoms with Crippen LogP contribution in [-0.4, -0.2) is 30.9 Å². The van der Waals surface area contributed by atoms with E-state index in [1.54, 1.807) is 18.2 Å². The number of rotatable bonds is 9. The van der Waals surface area contributed by atoms with Gasteiger partial charge in [-0.3, -0.25) is 0 Å². The Bertz CT molecular complexity index is 824. The average molecular weight is 370 g/mol. The summed E-state index contributed by atoms with van der Waals surface area (Å²) in [4.78, 5) is 10.7. The topological polar surface area (TPSA) is 65.0 Å². The number of aryl methyl sites for hydroxylation is 2. The highest BCUT2D eigenvalue weighted by molar-refractivity contribution is 5.85. The minimum Gasteiger partial charge on any atom is -0.490 e. The van der Waals surface area contributed by atoms with Gasteiger partial charge in [0, 0.05) is 6.08 Å². The van der Waals surface area contributed by atoms with Crippen LogP contribution >= 0.6 is 0 Å². The molecular formula is C22H26O5. The molecule has 0 radical (unpaired) electrons. The maximum absolute atomic E-state index is 10.7. The van der Waals surface area contributed by atoms with Crippen molar-refractivity contribution in [1.82, 2.24) is 0 Å². The molecule has 0 amide bonds. The van der Waals surface area contributed by atoms with Gasteiger partial charge in [-0.25, -0.2) is 4.79 Å². The molecule has 0 fully saturated rings. The molecule has 27 heavy (non-hydrogen) atoms. The van der Waals surface area contributed by atoms with Crippen LogP contribution in [0.5, 0.6) is 17.2 Å². The van der Waals surface area contributed by atoms with Gasteiger partial charge < -0.3 is 19.3 Å². The lowest BCUT2D eigenvalue weighted by Crippen LogP contribution is -2.11. The first kappa shape index (κ1) is 20.4. The van der Waals surface area contributed by atoms with Crippen LogP contribution < -0.4 is 14.2 Å². The zero-order valence-electron chi connectivity index (χ0n) is 16.2. The SMILES string of the molecule is CCOc1cc(C=CC(=O)O)ccc1OCCOc1c(C)ccc(C)c1C. The minimum atomic E-state index is -0.993. The first-order valence-corrected chi connectivity index (χ1v) is 8.92. The Morgan fingerprint density at radius 2 is 1.67 bits per heavy atom. The zero-order valence-corrected chi connectivity index (χ0v) is 16.2. The minimum absolute atomic E-state index is 0.372. The Labute approximate surface area is 160 Å². The van der Waals surface area contributed by atoms with Crippen LogP contribution in [0.25, 0.3) is 6.08 Å². The van der Waals surface area contributed by atoms with Crippen molar-refractivity contribution < 1.29 is 24.1 Å². The molecule has 5 nitrogen and oxygen atoms in total. The van der Waals surface area contributed by atoms with Gasteiger partial charge in [-0.2, -0.15) is 0 Å². The predicted octanol–water partition coefficient (Wildman–Crippen LogP) is 4.57. The molecule has 0 aromatic heterocycles. The monoisotopic (exact) mass is 370 g/mol. The number of carboxylic acids is 1. The molecule has 0 saturated heterocycles. The fourth-order valence-electron chi connectivity index (χ4n) is 2.63. The van der Waals surface area contributed by atoms with E-state index in [2.05, 4.69) is 26.0 Å². The van der Waals surface area contributed by atoms with Gasteiger partial charge in [0.15, 0.2) is 11.5 Å². The number of aliphatic carboxylic acids is 1. The molecule has 0 aliphatic rings. The number of hydrogen-bond acceptors (Lipinski definition) is 4. The van der Waals surface area contributed by atoms with Crippen molar-refractivity contribution in [3.63, 3.8) is 0 Å². The molecule has 0 saturated carbocycles. The van der Waals surface area contributed by atoms with Gasteiger partial charge in [0.1, 0.15) is 19.0 Å². The molecule has 144 valence electrons. The lowest BCUT2D eigenvalue weighted by molar-refractivity contribution is -0.131. The van der Waals surface area contributed by atoms with Gasteiger partial charge in [0.2, 0.25) is 0 Å². The first-order valence-electron chi connectivity index (χ1n) is 8.92. The summed E-state index contributed by atoms with van der Waals surface area (Å²) in [6.45, 7) is 9.30. The molecule has 0 unspecified atom stereocenters.